The number of hydrogen-bond donors (Lipinski definition) is 3. The Labute approximate surface area is 163 Å². The third-order valence-corrected chi connectivity index (χ3v) is 6.14. The summed E-state index contributed by atoms with van der Waals surface area (Å²) in [7, 11) is 0. The van der Waals surface area contributed by atoms with Gasteiger partial charge in [-0.2, -0.15) is 0 Å². The quantitative estimate of drug-likeness (QED) is 0.711. The molecule has 1 aromatic rings. The van der Waals surface area contributed by atoms with Gasteiger partial charge in [-0.1, -0.05) is 17.7 Å². The second-order valence-electron chi connectivity index (χ2n) is 7.20. The third-order valence-electron chi connectivity index (χ3n) is 5.83. The summed E-state index contributed by atoms with van der Waals surface area (Å²) in [5.74, 6) is -1.32. The first-order chi connectivity index (χ1) is 12.9. The van der Waals surface area contributed by atoms with Gasteiger partial charge < -0.3 is 15.7 Å². The van der Waals surface area contributed by atoms with Crippen LogP contribution in [0.15, 0.2) is 18.2 Å². The lowest BCUT2D eigenvalue weighted by Gasteiger charge is -2.44. The molecule has 2 aliphatic heterocycles. The van der Waals surface area contributed by atoms with Gasteiger partial charge in [-0.25, -0.2) is 9.18 Å². The summed E-state index contributed by atoms with van der Waals surface area (Å²) < 4.78 is 14.1. The number of piperidine rings is 1. The van der Waals surface area contributed by atoms with Crippen molar-refractivity contribution in [2.75, 3.05) is 32.7 Å². The molecule has 0 bridgehead atoms. The number of amides is 1. The Bertz CT molecular complexity index is 726. The topological polar surface area (TPSA) is 81.7 Å². The highest BCUT2D eigenvalue weighted by atomic mass is 35.5. The zero-order valence-electron chi connectivity index (χ0n) is 15.3. The summed E-state index contributed by atoms with van der Waals surface area (Å²) >= 11 is 5.81. The van der Waals surface area contributed by atoms with Gasteiger partial charge in [0.25, 0.3) is 0 Å². The Morgan fingerprint density at radius 3 is 2.63 bits per heavy atom. The maximum atomic E-state index is 14.1. The molecule has 2 atom stereocenters. The average Bonchev–Trinajstić information content (AvgIpc) is 3.10. The Morgan fingerprint density at radius 1 is 1.33 bits per heavy atom. The Kier molecular flexibility index (Phi) is 6.03. The number of benzene rings is 1. The largest absolute Gasteiger partial charge is 0.465 e. The smallest absolute Gasteiger partial charge is 0.408 e. The summed E-state index contributed by atoms with van der Waals surface area (Å²) in [5.41, 5.74) is -0.660. The van der Waals surface area contributed by atoms with Crippen LogP contribution in [0, 0.1) is 11.7 Å². The van der Waals surface area contributed by atoms with Crippen LogP contribution >= 0.6 is 11.6 Å². The van der Waals surface area contributed by atoms with Crippen molar-refractivity contribution in [3.8, 4) is 0 Å². The van der Waals surface area contributed by atoms with Crippen LogP contribution < -0.4 is 10.6 Å². The van der Waals surface area contributed by atoms with Gasteiger partial charge in [0.15, 0.2) is 5.78 Å². The van der Waals surface area contributed by atoms with Crippen LogP contribution in [0.1, 0.15) is 31.2 Å². The molecule has 148 valence electrons. The fourth-order valence-corrected chi connectivity index (χ4v) is 4.64. The van der Waals surface area contributed by atoms with Crippen molar-refractivity contribution in [2.45, 2.75) is 31.2 Å². The van der Waals surface area contributed by atoms with Gasteiger partial charge in [0.2, 0.25) is 0 Å². The van der Waals surface area contributed by atoms with E-state index in [0.717, 1.165) is 13.1 Å². The fraction of sp³-hybridized carbons (Fsp3) is 0.579. The van der Waals surface area contributed by atoms with E-state index in [1.54, 1.807) is 13.0 Å². The van der Waals surface area contributed by atoms with Crippen LogP contribution in [0.5, 0.6) is 0 Å². The summed E-state index contributed by atoms with van der Waals surface area (Å²) in [5, 5.41) is 16.3. The predicted octanol–water partition coefficient (Wildman–Crippen LogP) is 2.47. The molecule has 8 heteroatoms. The SMILES string of the molecule is CCN(C(=O)O)[C@]1(C(=O)C2CCNCC2)CNC[C@H]1c1ccc(Cl)c(F)c1. The first-order valence-electron chi connectivity index (χ1n) is 9.33. The molecule has 2 saturated heterocycles. The minimum atomic E-state index is -1.25. The molecule has 27 heavy (non-hydrogen) atoms. The summed E-state index contributed by atoms with van der Waals surface area (Å²) in [4.78, 5) is 26.9. The highest BCUT2D eigenvalue weighted by molar-refractivity contribution is 6.30. The van der Waals surface area contributed by atoms with Gasteiger partial charge in [-0.3, -0.25) is 9.69 Å². The highest BCUT2D eigenvalue weighted by Gasteiger charge is 2.56. The Morgan fingerprint density at radius 2 is 2.04 bits per heavy atom. The van der Waals surface area contributed by atoms with Gasteiger partial charge in [0, 0.05) is 31.5 Å². The molecule has 0 aliphatic carbocycles. The maximum absolute atomic E-state index is 14.1. The summed E-state index contributed by atoms with van der Waals surface area (Å²) in [6.45, 7) is 4.01. The lowest BCUT2D eigenvalue weighted by molar-refractivity contribution is -0.135. The van der Waals surface area contributed by atoms with Crippen molar-refractivity contribution >= 4 is 23.5 Å². The zero-order chi connectivity index (χ0) is 19.6. The van der Waals surface area contributed by atoms with Crippen LogP contribution in [-0.2, 0) is 4.79 Å². The molecule has 0 spiro atoms. The van der Waals surface area contributed by atoms with E-state index in [4.69, 9.17) is 11.6 Å². The lowest BCUT2D eigenvalue weighted by Crippen LogP contribution is -2.63. The number of ketones is 1. The van der Waals surface area contributed by atoms with Crippen molar-refractivity contribution in [3.05, 3.63) is 34.6 Å². The van der Waals surface area contributed by atoms with Crippen molar-refractivity contribution in [1.29, 1.82) is 0 Å². The van der Waals surface area contributed by atoms with Gasteiger partial charge in [0.05, 0.1) is 5.02 Å². The summed E-state index contributed by atoms with van der Waals surface area (Å²) in [6, 6.07) is 4.46. The van der Waals surface area contributed by atoms with E-state index >= 15 is 0 Å². The van der Waals surface area contributed by atoms with E-state index in [1.165, 1.54) is 17.0 Å². The molecule has 0 radical (unpaired) electrons. The van der Waals surface area contributed by atoms with E-state index in [-0.39, 0.29) is 29.8 Å². The number of carboxylic acid groups (broad SMARTS) is 1. The molecular weight excluding hydrogens is 373 g/mol. The van der Waals surface area contributed by atoms with Gasteiger partial charge in [-0.05, 0) is 50.6 Å². The van der Waals surface area contributed by atoms with Crippen molar-refractivity contribution in [2.24, 2.45) is 5.92 Å². The molecule has 0 saturated carbocycles. The second-order valence-corrected chi connectivity index (χ2v) is 7.60. The Balaban J connectivity index is 2.08. The molecule has 2 heterocycles. The molecule has 1 amide bonds. The molecule has 3 N–H and O–H groups in total. The highest BCUT2D eigenvalue weighted by Crippen LogP contribution is 2.41. The van der Waals surface area contributed by atoms with Gasteiger partial charge >= 0.3 is 6.09 Å². The normalized spacial score (nSPS) is 26.1. The number of nitrogens with one attached hydrogen (secondary N) is 2. The van der Waals surface area contributed by atoms with Crippen molar-refractivity contribution in [3.63, 3.8) is 0 Å². The second kappa shape index (κ2) is 8.12. The first kappa shape index (κ1) is 20.0. The van der Waals surface area contributed by atoms with E-state index in [1.807, 2.05) is 0 Å². The number of carbonyl (C=O) groups excluding carboxylic acids is 1. The molecule has 2 fully saturated rings. The minimum Gasteiger partial charge on any atom is -0.465 e. The van der Waals surface area contributed by atoms with Crippen molar-refractivity contribution in [1.82, 2.24) is 15.5 Å². The molecule has 6 nitrogen and oxygen atoms in total. The monoisotopic (exact) mass is 397 g/mol. The number of hydrogen-bond acceptors (Lipinski definition) is 4. The number of carbonyl (C=O) groups is 2. The van der Waals surface area contributed by atoms with E-state index in [9.17, 15) is 19.1 Å². The number of likely N-dealkylation sites (N-methyl/N-ethyl adjacent to an activating group) is 1. The third kappa shape index (κ3) is 3.56. The predicted molar refractivity (Wildman–Crippen MR) is 101 cm³/mol. The Hall–Kier alpha value is -1.70. The molecular formula is C19H25ClFN3O3. The van der Waals surface area contributed by atoms with Crippen LogP contribution in [0.25, 0.3) is 0 Å². The van der Waals surface area contributed by atoms with E-state index in [2.05, 4.69) is 10.6 Å². The molecule has 2 aliphatic rings. The van der Waals surface area contributed by atoms with Crippen LogP contribution in [0.2, 0.25) is 5.02 Å². The van der Waals surface area contributed by atoms with E-state index < -0.39 is 23.4 Å². The van der Waals surface area contributed by atoms with Crippen molar-refractivity contribution < 1.29 is 19.1 Å². The number of Topliss-reactive ketones (excluding diaryl/α,β-unsaturated/α-hetero) is 1. The van der Waals surface area contributed by atoms with Crippen LogP contribution in [0.3, 0.4) is 0 Å². The molecule has 3 rings (SSSR count). The first-order valence-corrected chi connectivity index (χ1v) is 9.70. The number of rotatable bonds is 5. The standard InChI is InChI=1S/C19H25ClFN3O3/c1-2-24(18(26)27)19(17(25)12-5-7-22-8-6-12)11-23-10-14(19)13-3-4-15(20)16(21)9-13/h3-4,9,12,14,22-23H,2,5-8,10-11H2,1H3,(H,26,27)/t14-,19+/m0/s1. The fourth-order valence-electron chi connectivity index (χ4n) is 4.52. The van der Waals surface area contributed by atoms with Gasteiger partial charge in [-0.15, -0.1) is 0 Å². The van der Waals surface area contributed by atoms with Crippen LogP contribution in [-0.4, -0.2) is 60.1 Å². The van der Waals surface area contributed by atoms with Gasteiger partial charge in [0.1, 0.15) is 11.4 Å². The molecule has 0 unspecified atom stereocenters. The number of halogens is 2. The molecule has 1 aromatic carbocycles. The maximum Gasteiger partial charge on any atom is 0.408 e. The number of nitrogens with zero attached hydrogens (tertiary/aromatic N) is 1. The average molecular weight is 398 g/mol. The molecule has 0 aromatic heterocycles. The summed E-state index contributed by atoms with van der Waals surface area (Å²) in [6.07, 6.45) is 0.224. The van der Waals surface area contributed by atoms with E-state index in [0.29, 0.717) is 24.9 Å². The van der Waals surface area contributed by atoms with Crippen LogP contribution in [0.4, 0.5) is 9.18 Å². The lowest BCUT2D eigenvalue weighted by atomic mass is 9.72. The zero-order valence-corrected chi connectivity index (χ0v) is 16.1. The minimum absolute atomic E-state index is 0.00516.